The van der Waals surface area contributed by atoms with Crippen LogP contribution in [-0.4, -0.2) is 4.98 Å². The molecule has 0 aromatic carbocycles. The molecule has 0 saturated carbocycles. The van der Waals surface area contributed by atoms with Gasteiger partial charge in [-0.1, -0.05) is 0 Å². The number of rotatable bonds is 1. The molecule has 1 rings (SSSR count). The fourth-order valence-corrected chi connectivity index (χ4v) is 0.659. The highest BCUT2D eigenvalue weighted by Gasteiger charge is 1.91. The molecule has 0 saturated heterocycles. The van der Waals surface area contributed by atoms with E-state index in [4.69, 9.17) is 11.0 Å². The van der Waals surface area contributed by atoms with Crippen LogP contribution in [0.4, 0.5) is 0 Å². The van der Waals surface area contributed by atoms with Gasteiger partial charge in [0.05, 0.1) is 17.3 Å². The Kier molecular flexibility index (Phi) is 1.98. The summed E-state index contributed by atoms with van der Waals surface area (Å²) in [5.41, 5.74) is 6.66. The lowest BCUT2D eigenvalue weighted by Crippen LogP contribution is -1.98. The van der Waals surface area contributed by atoms with Crippen LogP contribution in [0.5, 0.6) is 0 Å². The molecule has 0 aliphatic rings. The summed E-state index contributed by atoms with van der Waals surface area (Å²) in [6.07, 6.45) is 1.58. The minimum Gasteiger partial charge on any atom is -0.325 e. The third-order valence-corrected chi connectivity index (χ3v) is 1.15. The van der Waals surface area contributed by atoms with Crippen molar-refractivity contribution in [2.24, 2.45) is 5.73 Å². The van der Waals surface area contributed by atoms with E-state index in [9.17, 15) is 0 Å². The normalized spacial score (nSPS) is 8.80. The Labute approximate surface area is 59.1 Å². The zero-order chi connectivity index (χ0) is 7.40. The second-order valence-electron chi connectivity index (χ2n) is 1.85. The van der Waals surface area contributed by atoms with Crippen LogP contribution in [-0.2, 0) is 6.54 Å². The van der Waals surface area contributed by atoms with Gasteiger partial charge in [0.1, 0.15) is 0 Å². The summed E-state index contributed by atoms with van der Waals surface area (Å²) in [5, 5.41) is 8.44. The van der Waals surface area contributed by atoms with Gasteiger partial charge in [-0.15, -0.1) is 0 Å². The van der Waals surface area contributed by atoms with Crippen LogP contribution in [0.15, 0.2) is 18.3 Å². The SMILES string of the molecule is N#Cc1ccnc(CN)c1. The van der Waals surface area contributed by atoms with Crippen molar-refractivity contribution in [3.63, 3.8) is 0 Å². The first-order chi connectivity index (χ1) is 4.86. The van der Waals surface area contributed by atoms with Crippen LogP contribution in [0.1, 0.15) is 11.3 Å². The molecule has 1 heterocycles. The number of nitriles is 1. The Morgan fingerprint density at radius 1 is 1.70 bits per heavy atom. The van der Waals surface area contributed by atoms with Gasteiger partial charge in [0, 0.05) is 12.7 Å². The van der Waals surface area contributed by atoms with E-state index in [1.807, 2.05) is 6.07 Å². The van der Waals surface area contributed by atoms with E-state index in [1.54, 1.807) is 18.3 Å². The minimum absolute atomic E-state index is 0.384. The maximum absolute atomic E-state index is 8.44. The molecule has 1 aromatic heterocycles. The fraction of sp³-hybridized carbons (Fsp3) is 0.143. The topological polar surface area (TPSA) is 62.7 Å². The lowest BCUT2D eigenvalue weighted by atomic mass is 10.2. The van der Waals surface area contributed by atoms with Gasteiger partial charge in [-0.25, -0.2) is 0 Å². The molecule has 0 amide bonds. The molecule has 0 aliphatic carbocycles. The number of nitrogens with two attached hydrogens (primary N) is 1. The molecule has 50 valence electrons. The Bertz CT molecular complexity index is 262. The van der Waals surface area contributed by atoms with Gasteiger partial charge < -0.3 is 5.73 Å². The van der Waals surface area contributed by atoms with Crippen molar-refractivity contribution in [3.8, 4) is 6.07 Å². The monoisotopic (exact) mass is 133 g/mol. The van der Waals surface area contributed by atoms with Crippen LogP contribution in [0.3, 0.4) is 0 Å². The minimum atomic E-state index is 0.384. The zero-order valence-electron chi connectivity index (χ0n) is 5.41. The van der Waals surface area contributed by atoms with E-state index in [-0.39, 0.29) is 0 Å². The van der Waals surface area contributed by atoms with E-state index in [0.29, 0.717) is 12.1 Å². The summed E-state index contributed by atoms with van der Waals surface area (Å²) < 4.78 is 0. The number of hydrogen-bond acceptors (Lipinski definition) is 3. The van der Waals surface area contributed by atoms with Gasteiger partial charge in [-0.3, -0.25) is 4.98 Å². The quantitative estimate of drug-likeness (QED) is 0.603. The van der Waals surface area contributed by atoms with E-state index >= 15 is 0 Å². The lowest BCUT2D eigenvalue weighted by molar-refractivity contribution is 0.988. The molecule has 0 unspecified atom stereocenters. The van der Waals surface area contributed by atoms with Gasteiger partial charge >= 0.3 is 0 Å². The van der Waals surface area contributed by atoms with E-state index in [1.165, 1.54) is 0 Å². The van der Waals surface area contributed by atoms with Crippen molar-refractivity contribution in [2.75, 3.05) is 0 Å². The highest BCUT2D eigenvalue weighted by Crippen LogP contribution is 1.97. The van der Waals surface area contributed by atoms with Crippen molar-refractivity contribution in [1.29, 1.82) is 5.26 Å². The van der Waals surface area contributed by atoms with Crippen molar-refractivity contribution in [2.45, 2.75) is 6.54 Å². The molecule has 3 heteroatoms. The summed E-state index contributed by atoms with van der Waals surface area (Å²) >= 11 is 0. The van der Waals surface area contributed by atoms with Gasteiger partial charge in [-0.05, 0) is 12.1 Å². The largest absolute Gasteiger partial charge is 0.325 e. The van der Waals surface area contributed by atoms with Crippen LogP contribution in [0.25, 0.3) is 0 Å². The van der Waals surface area contributed by atoms with Crippen LogP contribution in [0.2, 0.25) is 0 Å². The molecule has 1 aromatic rings. The first-order valence-electron chi connectivity index (χ1n) is 2.92. The Hall–Kier alpha value is -1.40. The predicted octanol–water partition coefficient (Wildman–Crippen LogP) is 0.412. The average Bonchev–Trinajstić information content (AvgIpc) is 2.05. The zero-order valence-corrected chi connectivity index (χ0v) is 5.41. The summed E-state index contributed by atoms with van der Waals surface area (Å²) in [4.78, 5) is 3.93. The highest BCUT2D eigenvalue weighted by atomic mass is 14.7. The summed E-state index contributed by atoms with van der Waals surface area (Å²) in [7, 11) is 0. The second-order valence-corrected chi connectivity index (χ2v) is 1.85. The molecule has 0 fully saturated rings. The molecule has 0 aliphatic heterocycles. The standard InChI is InChI=1S/C7H7N3/c8-4-6-1-2-10-7(3-6)5-9/h1-3H,5,9H2. The molecule has 0 spiro atoms. The lowest BCUT2D eigenvalue weighted by Gasteiger charge is -1.92. The van der Waals surface area contributed by atoms with E-state index in [2.05, 4.69) is 4.98 Å². The first-order valence-corrected chi connectivity index (χ1v) is 2.92. The van der Waals surface area contributed by atoms with Gasteiger partial charge in [0.25, 0.3) is 0 Å². The van der Waals surface area contributed by atoms with E-state index < -0.39 is 0 Å². The van der Waals surface area contributed by atoms with Crippen molar-refractivity contribution < 1.29 is 0 Å². The smallest absolute Gasteiger partial charge is 0.0992 e. The Morgan fingerprint density at radius 2 is 2.50 bits per heavy atom. The van der Waals surface area contributed by atoms with Crippen LogP contribution in [0, 0.1) is 11.3 Å². The number of nitrogens with zero attached hydrogens (tertiary/aromatic N) is 2. The molecule has 3 nitrogen and oxygen atoms in total. The van der Waals surface area contributed by atoms with E-state index in [0.717, 1.165) is 5.69 Å². The maximum atomic E-state index is 8.44. The van der Waals surface area contributed by atoms with Gasteiger partial charge in [-0.2, -0.15) is 5.26 Å². The van der Waals surface area contributed by atoms with Gasteiger partial charge in [0.15, 0.2) is 0 Å². The second kappa shape index (κ2) is 2.95. The highest BCUT2D eigenvalue weighted by molar-refractivity contribution is 5.28. The van der Waals surface area contributed by atoms with Gasteiger partial charge in [0.2, 0.25) is 0 Å². The Morgan fingerprint density at radius 3 is 3.10 bits per heavy atom. The third-order valence-electron chi connectivity index (χ3n) is 1.15. The molecule has 2 N–H and O–H groups in total. The fourth-order valence-electron chi connectivity index (χ4n) is 0.659. The third kappa shape index (κ3) is 1.30. The van der Waals surface area contributed by atoms with Crippen LogP contribution < -0.4 is 5.73 Å². The van der Waals surface area contributed by atoms with Crippen molar-refractivity contribution in [3.05, 3.63) is 29.6 Å². The summed E-state index contributed by atoms with van der Waals surface area (Å²) in [6.45, 7) is 0.384. The molecular weight excluding hydrogens is 126 g/mol. The Balaban J connectivity index is 3.01. The summed E-state index contributed by atoms with van der Waals surface area (Å²) in [5.74, 6) is 0. The molecule has 0 bridgehead atoms. The summed E-state index contributed by atoms with van der Waals surface area (Å²) in [6, 6.07) is 5.34. The molecule has 0 radical (unpaired) electrons. The molecule has 10 heavy (non-hydrogen) atoms. The van der Waals surface area contributed by atoms with Crippen LogP contribution >= 0.6 is 0 Å². The predicted molar refractivity (Wildman–Crippen MR) is 36.8 cm³/mol. The molecular formula is C7H7N3. The number of pyridine rings is 1. The number of hydrogen-bond donors (Lipinski definition) is 1. The van der Waals surface area contributed by atoms with Crippen molar-refractivity contribution >= 4 is 0 Å². The first kappa shape index (κ1) is 6.72. The average molecular weight is 133 g/mol. The number of aromatic nitrogens is 1. The molecule has 0 atom stereocenters. The maximum Gasteiger partial charge on any atom is 0.0992 e. The van der Waals surface area contributed by atoms with Crippen molar-refractivity contribution in [1.82, 2.24) is 4.98 Å².